The van der Waals surface area contributed by atoms with Crippen molar-refractivity contribution in [3.05, 3.63) is 59.2 Å². The largest absolute Gasteiger partial charge is 0.486 e. The molecule has 25 heavy (non-hydrogen) atoms. The van der Waals surface area contributed by atoms with Crippen LogP contribution in [0.15, 0.2) is 47.4 Å². The summed E-state index contributed by atoms with van der Waals surface area (Å²) in [5.74, 6) is 0.597. The number of rotatable bonds is 4. The van der Waals surface area contributed by atoms with Crippen LogP contribution in [0.4, 0.5) is 0 Å². The zero-order valence-corrected chi connectivity index (χ0v) is 14.9. The summed E-state index contributed by atoms with van der Waals surface area (Å²) in [6.45, 7) is 4.67. The molecule has 2 N–H and O–H groups in total. The molecular weight excluding hydrogens is 340 g/mol. The first-order valence-corrected chi connectivity index (χ1v) is 9.45. The predicted molar refractivity (Wildman–Crippen MR) is 94.1 cm³/mol. The van der Waals surface area contributed by atoms with Gasteiger partial charge in [0.25, 0.3) is 5.91 Å². The molecule has 1 amide bonds. The molecule has 2 aromatic carbocycles. The van der Waals surface area contributed by atoms with E-state index in [2.05, 4.69) is 0 Å². The number of nitrogens with two attached hydrogens (primary N) is 1. The quantitative estimate of drug-likeness (QED) is 0.901. The van der Waals surface area contributed by atoms with Gasteiger partial charge < -0.3 is 9.64 Å². The van der Waals surface area contributed by atoms with Gasteiger partial charge in [0.2, 0.25) is 10.0 Å². The van der Waals surface area contributed by atoms with Gasteiger partial charge >= 0.3 is 0 Å². The lowest BCUT2D eigenvalue weighted by Gasteiger charge is -2.39. The molecule has 132 valence electrons. The predicted octanol–water partition coefficient (Wildman–Crippen LogP) is 1.85. The minimum absolute atomic E-state index is 0.0605. The van der Waals surface area contributed by atoms with Crippen LogP contribution in [0, 0.1) is 13.8 Å². The number of amides is 1. The fourth-order valence-electron chi connectivity index (χ4n) is 2.73. The summed E-state index contributed by atoms with van der Waals surface area (Å²) < 4.78 is 28.9. The Labute approximate surface area is 147 Å². The summed E-state index contributed by atoms with van der Waals surface area (Å²) in [5.41, 5.74) is 2.10. The standard InChI is InChI=1S/C18H20N2O4S/c1-12-7-8-15(25(19,22)23)9-16(12)18(21)20-10-14(11-20)24-17-6-4-3-5-13(17)2/h3-9,14H,10-11H2,1-2H3,(H2,19,22,23). The highest BCUT2D eigenvalue weighted by Crippen LogP contribution is 2.24. The number of carbonyl (C=O) groups is 1. The van der Waals surface area contributed by atoms with Crippen LogP contribution in [0.3, 0.4) is 0 Å². The van der Waals surface area contributed by atoms with Gasteiger partial charge in [-0.05, 0) is 43.2 Å². The van der Waals surface area contributed by atoms with E-state index in [1.54, 1.807) is 17.9 Å². The number of hydrogen-bond donors (Lipinski definition) is 1. The molecule has 2 aromatic rings. The number of likely N-dealkylation sites (tertiary alicyclic amines) is 1. The van der Waals surface area contributed by atoms with Crippen LogP contribution < -0.4 is 9.88 Å². The van der Waals surface area contributed by atoms with Crippen molar-refractivity contribution in [2.24, 2.45) is 5.14 Å². The average Bonchev–Trinajstić information content (AvgIpc) is 2.51. The Morgan fingerprint density at radius 2 is 1.80 bits per heavy atom. The van der Waals surface area contributed by atoms with Gasteiger partial charge in [0.05, 0.1) is 18.0 Å². The molecule has 1 saturated heterocycles. The third-order valence-corrected chi connectivity index (χ3v) is 5.20. The van der Waals surface area contributed by atoms with Crippen LogP contribution in [0.25, 0.3) is 0 Å². The molecule has 1 aliphatic heterocycles. The molecule has 0 spiro atoms. The number of hydrogen-bond acceptors (Lipinski definition) is 4. The number of primary sulfonamides is 1. The van der Waals surface area contributed by atoms with Crippen molar-refractivity contribution in [2.75, 3.05) is 13.1 Å². The molecule has 0 saturated carbocycles. The molecule has 0 aliphatic carbocycles. The molecule has 7 heteroatoms. The van der Waals surface area contributed by atoms with Gasteiger partial charge in [-0.1, -0.05) is 24.3 Å². The van der Waals surface area contributed by atoms with Crippen LogP contribution >= 0.6 is 0 Å². The molecule has 3 rings (SSSR count). The summed E-state index contributed by atoms with van der Waals surface area (Å²) in [7, 11) is -3.84. The lowest BCUT2D eigenvalue weighted by Crippen LogP contribution is -2.56. The van der Waals surface area contributed by atoms with E-state index in [-0.39, 0.29) is 16.9 Å². The third-order valence-electron chi connectivity index (χ3n) is 4.29. The molecule has 0 bridgehead atoms. The summed E-state index contributed by atoms with van der Waals surface area (Å²) in [4.78, 5) is 14.2. The number of benzene rings is 2. The highest BCUT2D eigenvalue weighted by molar-refractivity contribution is 7.89. The Morgan fingerprint density at radius 1 is 1.12 bits per heavy atom. The molecule has 1 aliphatic rings. The van der Waals surface area contributed by atoms with E-state index in [9.17, 15) is 13.2 Å². The van der Waals surface area contributed by atoms with Crippen molar-refractivity contribution >= 4 is 15.9 Å². The first kappa shape index (κ1) is 17.4. The molecule has 1 heterocycles. The first-order valence-electron chi connectivity index (χ1n) is 7.91. The topological polar surface area (TPSA) is 89.7 Å². The summed E-state index contributed by atoms with van der Waals surface area (Å²) in [5, 5.41) is 5.15. The fourth-order valence-corrected chi connectivity index (χ4v) is 3.27. The molecular formula is C18H20N2O4S. The molecule has 0 unspecified atom stereocenters. The van der Waals surface area contributed by atoms with Crippen molar-refractivity contribution < 1.29 is 17.9 Å². The van der Waals surface area contributed by atoms with Gasteiger partial charge in [-0.3, -0.25) is 4.79 Å². The molecule has 0 aromatic heterocycles. The summed E-state index contributed by atoms with van der Waals surface area (Å²) in [6, 6.07) is 12.1. The Balaban J connectivity index is 1.69. The number of carbonyl (C=O) groups excluding carboxylic acids is 1. The highest BCUT2D eigenvalue weighted by atomic mass is 32.2. The van der Waals surface area contributed by atoms with Crippen LogP contribution in [0.1, 0.15) is 21.5 Å². The number of aryl methyl sites for hydroxylation is 2. The van der Waals surface area contributed by atoms with E-state index in [1.165, 1.54) is 12.1 Å². The Morgan fingerprint density at radius 3 is 2.44 bits per heavy atom. The molecule has 0 radical (unpaired) electrons. The minimum Gasteiger partial charge on any atom is -0.486 e. The number of sulfonamides is 1. The number of para-hydroxylation sites is 1. The zero-order valence-electron chi connectivity index (χ0n) is 14.1. The van der Waals surface area contributed by atoms with Gasteiger partial charge in [0.1, 0.15) is 11.9 Å². The lowest BCUT2D eigenvalue weighted by atomic mass is 10.0. The first-order chi connectivity index (χ1) is 11.8. The van der Waals surface area contributed by atoms with Gasteiger partial charge in [-0.25, -0.2) is 13.6 Å². The Hall–Kier alpha value is -2.38. The van der Waals surface area contributed by atoms with E-state index in [4.69, 9.17) is 9.88 Å². The number of ether oxygens (including phenoxy) is 1. The molecule has 6 nitrogen and oxygen atoms in total. The second-order valence-electron chi connectivity index (χ2n) is 6.24. The molecule has 0 atom stereocenters. The third kappa shape index (κ3) is 3.67. The lowest BCUT2D eigenvalue weighted by molar-refractivity contribution is 0.0175. The van der Waals surface area contributed by atoms with Gasteiger partial charge in [0.15, 0.2) is 0 Å². The SMILES string of the molecule is Cc1ccccc1OC1CN(C(=O)c2cc(S(N)(=O)=O)ccc2C)C1. The average molecular weight is 360 g/mol. The molecule has 1 fully saturated rings. The minimum atomic E-state index is -3.84. The van der Waals surface area contributed by atoms with Crippen LogP contribution in [0.5, 0.6) is 5.75 Å². The Bertz CT molecular complexity index is 918. The van der Waals surface area contributed by atoms with Crippen LogP contribution in [0.2, 0.25) is 0 Å². The van der Waals surface area contributed by atoms with Crippen molar-refractivity contribution in [1.29, 1.82) is 0 Å². The van der Waals surface area contributed by atoms with E-state index in [1.807, 2.05) is 31.2 Å². The van der Waals surface area contributed by atoms with Crippen molar-refractivity contribution in [3.8, 4) is 5.75 Å². The van der Waals surface area contributed by atoms with Crippen LogP contribution in [-0.2, 0) is 10.0 Å². The monoisotopic (exact) mass is 360 g/mol. The maximum Gasteiger partial charge on any atom is 0.254 e. The second kappa shape index (κ2) is 6.50. The van der Waals surface area contributed by atoms with E-state index < -0.39 is 10.0 Å². The summed E-state index contributed by atoms with van der Waals surface area (Å²) >= 11 is 0. The maximum absolute atomic E-state index is 12.6. The van der Waals surface area contributed by atoms with Crippen molar-refractivity contribution in [2.45, 2.75) is 24.8 Å². The van der Waals surface area contributed by atoms with Crippen LogP contribution in [-0.4, -0.2) is 38.4 Å². The fraction of sp³-hybridized carbons (Fsp3) is 0.278. The van der Waals surface area contributed by atoms with E-state index in [0.717, 1.165) is 11.3 Å². The van der Waals surface area contributed by atoms with Gasteiger partial charge in [-0.2, -0.15) is 0 Å². The van der Waals surface area contributed by atoms with Gasteiger partial charge in [0, 0.05) is 5.56 Å². The van der Waals surface area contributed by atoms with E-state index >= 15 is 0 Å². The smallest absolute Gasteiger partial charge is 0.254 e. The van der Waals surface area contributed by atoms with Gasteiger partial charge in [-0.15, -0.1) is 0 Å². The normalized spacial score (nSPS) is 14.9. The summed E-state index contributed by atoms with van der Waals surface area (Å²) in [6.07, 6.45) is -0.0632. The number of nitrogens with zero attached hydrogens (tertiary/aromatic N) is 1. The Kier molecular flexibility index (Phi) is 4.53. The van der Waals surface area contributed by atoms with E-state index in [0.29, 0.717) is 24.2 Å². The maximum atomic E-state index is 12.6. The van der Waals surface area contributed by atoms with Crippen molar-refractivity contribution in [1.82, 2.24) is 4.90 Å². The second-order valence-corrected chi connectivity index (χ2v) is 7.80. The zero-order chi connectivity index (χ0) is 18.2. The van der Waals surface area contributed by atoms with Crippen molar-refractivity contribution in [3.63, 3.8) is 0 Å². The highest BCUT2D eigenvalue weighted by Gasteiger charge is 2.33.